The number of methoxy groups -OCH3 is 1. The van der Waals surface area contributed by atoms with Crippen LogP contribution >= 0.6 is 11.8 Å². The molecule has 2 atom stereocenters. The third-order valence-corrected chi connectivity index (χ3v) is 6.00. The molecule has 4 nitrogen and oxygen atoms in total. The van der Waals surface area contributed by atoms with Crippen LogP contribution in [0.15, 0.2) is 53.4 Å². The summed E-state index contributed by atoms with van der Waals surface area (Å²) in [6.45, 7) is 3.30. The first-order valence-electron chi connectivity index (χ1n) is 10.3. The lowest BCUT2D eigenvalue weighted by atomic mass is 10.0. The fraction of sp³-hybridized carbons (Fsp3) is 0.458. The highest BCUT2D eigenvalue weighted by Crippen LogP contribution is 2.27. The van der Waals surface area contributed by atoms with E-state index in [4.69, 9.17) is 14.2 Å². The maximum Gasteiger partial charge on any atom is 0.196 e. The molecule has 5 heteroatoms. The Morgan fingerprint density at radius 2 is 1.79 bits per heavy atom. The Morgan fingerprint density at radius 3 is 2.52 bits per heavy atom. The van der Waals surface area contributed by atoms with Gasteiger partial charge in [-0.3, -0.25) is 4.79 Å². The minimum Gasteiger partial charge on any atom is -0.497 e. The van der Waals surface area contributed by atoms with E-state index >= 15 is 0 Å². The summed E-state index contributed by atoms with van der Waals surface area (Å²) in [6, 6.07) is 16.0. The van der Waals surface area contributed by atoms with Gasteiger partial charge in [-0.05, 0) is 62.4 Å². The molecular weight excluding hydrogens is 384 g/mol. The van der Waals surface area contributed by atoms with E-state index in [2.05, 4.69) is 0 Å². The highest BCUT2D eigenvalue weighted by Gasteiger charge is 2.24. The normalized spacial score (nSPS) is 19.1. The van der Waals surface area contributed by atoms with Crippen LogP contribution in [0.5, 0.6) is 5.75 Å². The van der Waals surface area contributed by atoms with E-state index < -0.39 is 0 Å². The van der Waals surface area contributed by atoms with Crippen LogP contribution in [0.3, 0.4) is 0 Å². The van der Waals surface area contributed by atoms with Crippen LogP contribution < -0.4 is 4.74 Å². The van der Waals surface area contributed by atoms with Crippen molar-refractivity contribution >= 4 is 16.9 Å². The van der Waals surface area contributed by atoms with Crippen molar-refractivity contribution in [3.63, 3.8) is 0 Å². The number of aryl methyl sites for hydroxylation is 1. The minimum atomic E-state index is 0.0285. The van der Waals surface area contributed by atoms with Crippen LogP contribution in [-0.4, -0.2) is 31.0 Å². The molecule has 0 unspecified atom stereocenters. The fourth-order valence-corrected chi connectivity index (χ4v) is 4.24. The van der Waals surface area contributed by atoms with Gasteiger partial charge in [0, 0.05) is 17.9 Å². The Kier molecular flexibility index (Phi) is 8.59. The lowest BCUT2D eigenvalue weighted by Crippen LogP contribution is -2.29. The second-order valence-corrected chi connectivity index (χ2v) is 8.62. The molecule has 0 radical (unpaired) electrons. The highest BCUT2D eigenvalue weighted by molar-refractivity contribution is 8.13. The Labute approximate surface area is 177 Å². The summed E-state index contributed by atoms with van der Waals surface area (Å²) in [6.07, 6.45) is 4.66. The molecule has 0 saturated carbocycles. The first-order valence-corrected chi connectivity index (χ1v) is 11.1. The van der Waals surface area contributed by atoms with Gasteiger partial charge in [-0.25, -0.2) is 0 Å². The van der Waals surface area contributed by atoms with E-state index in [9.17, 15) is 4.79 Å². The molecule has 1 aliphatic rings. The van der Waals surface area contributed by atoms with Gasteiger partial charge >= 0.3 is 0 Å². The van der Waals surface area contributed by atoms with Crippen molar-refractivity contribution in [3.05, 3.63) is 59.7 Å². The molecule has 1 aliphatic heterocycles. The summed E-state index contributed by atoms with van der Waals surface area (Å²) < 4.78 is 17.1. The molecule has 0 bridgehead atoms. The first-order chi connectivity index (χ1) is 14.1. The summed E-state index contributed by atoms with van der Waals surface area (Å²) in [5.41, 5.74) is 2.33. The summed E-state index contributed by atoms with van der Waals surface area (Å²) in [5, 5.41) is 0.176. The fourth-order valence-electron chi connectivity index (χ4n) is 3.44. The third kappa shape index (κ3) is 7.50. The molecule has 3 rings (SSSR count). The Bertz CT molecular complexity index is 757. The zero-order valence-electron chi connectivity index (χ0n) is 17.3. The Hall–Kier alpha value is -1.82. The van der Waals surface area contributed by atoms with E-state index in [-0.39, 0.29) is 17.3 Å². The van der Waals surface area contributed by atoms with Crippen LogP contribution in [0.25, 0.3) is 0 Å². The standard InChI is InChI=1S/C24H30O4S/c1-18-6-12-23(13-7-18)29-24(25)16-22-5-3-4-21(28-22)14-15-27-17-19-8-10-20(26-2)11-9-19/h6-13,21-22H,3-5,14-17H2,1-2H3/t21-,22+/m0/s1. The molecule has 29 heavy (non-hydrogen) atoms. The largest absolute Gasteiger partial charge is 0.497 e. The van der Waals surface area contributed by atoms with Crippen molar-refractivity contribution in [2.75, 3.05) is 13.7 Å². The predicted molar refractivity (Wildman–Crippen MR) is 116 cm³/mol. The van der Waals surface area contributed by atoms with Crippen molar-refractivity contribution in [2.24, 2.45) is 0 Å². The average Bonchev–Trinajstić information content (AvgIpc) is 2.73. The monoisotopic (exact) mass is 414 g/mol. The zero-order chi connectivity index (χ0) is 20.5. The topological polar surface area (TPSA) is 44.8 Å². The molecule has 2 aromatic carbocycles. The number of hydrogen-bond acceptors (Lipinski definition) is 5. The van der Waals surface area contributed by atoms with Gasteiger partial charge in [0.15, 0.2) is 5.12 Å². The number of carbonyl (C=O) groups is 1. The van der Waals surface area contributed by atoms with Crippen molar-refractivity contribution in [1.29, 1.82) is 0 Å². The molecule has 1 saturated heterocycles. The maximum absolute atomic E-state index is 12.4. The van der Waals surface area contributed by atoms with Gasteiger partial charge < -0.3 is 14.2 Å². The number of hydrogen-bond donors (Lipinski definition) is 0. The summed E-state index contributed by atoms with van der Waals surface area (Å²) >= 11 is 1.32. The molecule has 156 valence electrons. The molecule has 0 spiro atoms. The van der Waals surface area contributed by atoms with Crippen molar-refractivity contribution in [2.45, 2.75) is 62.7 Å². The lowest BCUT2D eigenvalue weighted by Gasteiger charge is -2.29. The SMILES string of the molecule is COc1ccc(COCC[C@@H]2CCC[C@H](CC(=O)Sc3ccc(C)cc3)O2)cc1. The first kappa shape index (κ1) is 21.9. The van der Waals surface area contributed by atoms with Gasteiger partial charge in [-0.1, -0.05) is 41.6 Å². The molecular formula is C24H30O4S. The Morgan fingerprint density at radius 1 is 1.07 bits per heavy atom. The van der Waals surface area contributed by atoms with Crippen LogP contribution in [0.2, 0.25) is 0 Å². The van der Waals surface area contributed by atoms with Crippen LogP contribution in [0.1, 0.15) is 43.2 Å². The molecule has 0 N–H and O–H groups in total. The predicted octanol–water partition coefficient (Wildman–Crippen LogP) is 5.56. The molecule has 1 heterocycles. The molecule has 0 aromatic heterocycles. The quantitative estimate of drug-likeness (QED) is 0.397. The second-order valence-electron chi connectivity index (χ2n) is 7.49. The molecule has 1 fully saturated rings. The minimum absolute atomic E-state index is 0.0285. The average molecular weight is 415 g/mol. The van der Waals surface area contributed by atoms with Gasteiger partial charge in [-0.15, -0.1) is 0 Å². The molecule has 0 amide bonds. The van der Waals surface area contributed by atoms with E-state index in [0.29, 0.717) is 19.6 Å². The van der Waals surface area contributed by atoms with Crippen LogP contribution in [0.4, 0.5) is 0 Å². The van der Waals surface area contributed by atoms with Gasteiger partial charge in [0.05, 0.1) is 25.9 Å². The Balaban J connectivity index is 1.35. The van der Waals surface area contributed by atoms with Crippen LogP contribution in [-0.2, 0) is 20.9 Å². The lowest BCUT2D eigenvalue weighted by molar-refractivity contribution is -0.118. The zero-order valence-corrected chi connectivity index (χ0v) is 18.1. The maximum atomic E-state index is 12.4. The molecule has 2 aromatic rings. The van der Waals surface area contributed by atoms with Crippen LogP contribution in [0, 0.1) is 6.92 Å². The number of thioether (sulfide) groups is 1. The van der Waals surface area contributed by atoms with E-state index in [1.165, 1.54) is 17.3 Å². The summed E-state index contributed by atoms with van der Waals surface area (Å²) in [7, 11) is 1.66. The van der Waals surface area contributed by atoms with E-state index in [1.807, 2.05) is 55.5 Å². The molecule has 0 aliphatic carbocycles. The van der Waals surface area contributed by atoms with Crippen molar-refractivity contribution in [1.82, 2.24) is 0 Å². The smallest absolute Gasteiger partial charge is 0.196 e. The van der Waals surface area contributed by atoms with Gasteiger partial charge in [-0.2, -0.15) is 0 Å². The highest BCUT2D eigenvalue weighted by atomic mass is 32.2. The number of ether oxygens (including phenoxy) is 3. The number of benzene rings is 2. The van der Waals surface area contributed by atoms with Gasteiger partial charge in [0.1, 0.15) is 5.75 Å². The van der Waals surface area contributed by atoms with Crippen molar-refractivity contribution in [3.8, 4) is 5.75 Å². The van der Waals surface area contributed by atoms with Gasteiger partial charge in [0.25, 0.3) is 0 Å². The van der Waals surface area contributed by atoms with E-state index in [0.717, 1.165) is 41.9 Å². The third-order valence-electron chi connectivity index (χ3n) is 5.10. The summed E-state index contributed by atoms with van der Waals surface area (Å²) in [4.78, 5) is 13.4. The number of rotatable bonds is 9. The summed E-state index contributed by atoms with van der Waals surface area (Å²) in [5.74, 6) is 0.852. The van der Waals surface area contributed by atoms with Crippen molar-refractivity contribution < 1.29 is 19.0 Å². The van der Waals surface area contributed by atoms with E-state index in [1.54, 1.807) is 7.11 Å². The van der Waals surface area contributed by atoms with Gasteiger partial charge in [0.2, 0.25) is 0 Å². The second kappa shape index (κ2) is 11.4. The number of carbonyl (C=O) groups excluding carboxylic acids is 1.